The molecule has 0 bridgehead atoms. The molecule has 0 saturated heterocycles. The number of amides is 3. The average Bonchev–Trinajstić information content (AvgIpc) is 3.50. The number of halogens is 2. The number of carbonyl (C=O) groups is 3. The molecule has 3 N–H and O–H groups in total. The lowest BCUT2D eigenvalue weighted by molar-refractivity contribution is -0.0595. The molecule has 3 fully saturated rings. The van der Waals surface area contributed by atoms with E-state index in [-0.39, 0.29) is 44.2 Å². The van der Waals surface area contributed by atoms with Crippen molar-refractivity contribution in [2.75, 3.05) is 39.3 Å². The number of ether oxygens (including phenoxy) is 3. The van der Waals surface area contributed by atoms with Gasteiger partial charge in [-0.15, -0.1) is 0 Å². The van der Waals surface area contributed by atoms with Gasteiger partial charge >= 0.3 is 18.3 Å². The largest absolute Gasteiger partial charge is 0.446 e. The highest BCUT2D eigenvalue weighted by molar-refractivity contribution is 5.69. The summed E-state index contributed by atoms with van der Waals surface area (Å²) >= 11 is 0. The molecule has 0 aromatic heterocycles. The number of hydrogen-bond donors (Lipinski definition) is 3. The van der Waals surface area contributed by atoms with E-state index in [9.17, 15) is 18.8 Å². The molecule has 2 unspecified atom stereocenters. The number of nitrogens with one attached hydrogen (secondary N) is 3. The fourth-order valence-electron chi connectivity index (χ4n) is 11.4. The molecule has 3 amide bonds. The Hall–Kier alpha value is -2.63. The smallest absolute Gasteiger partial charge is 0.410 e. The predicted molar refractivity (Wildman–Crippen MR) is 235 cm³/mol. The Labute approximate surface area is 362 Å². The van der Waals surface area contributed by atoms with E-state index in [1.807, 2.05) is 0 Å². The molecular weight excluding hydrogens is 767 g/mol. The van der Waals surface area contributed by atoms with Gasteiger partial charge in [-0.05, 0) is 152 Å². The summed E-state index contributed by atoms with van der Waals surface area (Å²) in [6, 6.07) is 0. The highest BCUT2D eigenvalue weighted by Crippen LogP contribution is 2.67. The standard InChI is InChI=1S/C48H84F2N4O6/c1-32(2)15-14-16-33(3)39-19-20-40-38-18-17-34-27-37(21-23-47(34,10)41(38)22-24-48(39,40)11)58-44(57)54(31-36(50)30-53-43(56)60-46(7,8)9)26-13-12-25-51-28-35(49)29-52-42(55)59-45(4,5)6/h17,32-33,35-41,51H,12-16,18-31H2,1-11H3,(H,52,55)(H,53,56)/t33-,35?,36?,37+,38+,39-,40+,41+,47+,48-/m1/s1. The van der Waals surface area contributed by atoms with Crippen LogP contribution in [-0.4, -0.2) is 92.1 Å². The molecule has 10 nitrogen and oxygen atoms in total. The first-order valence-corrected chi connectivity index (χ1v) is 23.6. The van der Waals surface area contributed by atoms with Gasteiger partial charge in [0.05, 0.1) is 19.6 Å². The quantitative estimate of drug-likeness (QED) is 0.0673. The maximum absolute atomic E-state index is 15.4. The number of alkyl carbamates (subject to hydrolysis) is 2. The fourth-order valence-corrected chi connectivity index (χ4v) is 11.4. The highest BCUT2D eigenvalue weighted by Gasteiger charge is 2.59. The van der Waals surface area contributed by atoms with Crippen molar-refractivity contribution in [3.8, 4) is 0 Å². The molecule has 0 aliphatic heterocycles. The van der Waals surface area contributed by atoms with Crippen LogP contribution >= 0.6 is 0 Å². The average molecular weight is 851 g/mol. The third kappa shape index (κ3) is 14.5. The lowest BCUT2D eigenvalue weighted by Crippen LogP contribution is -2.51. The van der Waals surface area contributed by atoms with Gasteiger partial charge in [0.1, 0.15) is 29.6 Å². The van der Waals surface area contributed by atoms with Gasteiger partial charge in [0.25, 0.3) is 0 Å². The normalized spacial score (nSPS) is 29.2. The molecule has 3 saturated carbocycles. The van der Waals surface area contributed by atoms with Crippen molar-refractivity contribution in [3.63, 3.8) is 0 Å². The Bertz CT molecular complexity index is 1430. The predicted octanol–water partition coefficient (Wildman–Crippen LogP) is 10.9. The van der Waals surface area contributed by atoms with Crippen molar-refractivity contribution in [2.45, 2.75) is 189 Å². The van der Waals surface area contributed by atoms with Crippen LogP contribution in [0.2, 0.25) is 0 Å². The first-order valence-electron chi connectivity index (χ1n) is 23.6. The van der Waals surface area contributed by atoms with Crippen LogP contribution in [0.25, 0.3) is 0 Å². The van der Waals surface area contributed by atoms with Crippen molar-refractivity contribution in [1.29, 1.82) is 0 Å². The van der Waals surface area contributed by atoms with Gasteiger partial charge in [-0.25, -0.2) is 23.2 Å². The van der Waals surface area contributed by atoms with Crippen molar-refractivity contribution < 1.29 is 37.4 Å². The van der Waals surface area contributed by atoms with Gasteiger partial charge in [0, 0.05) is 19.5 Å². The molecule has 0 aromatic carbocycles. The molecule has 0 radical (unpaired) electrons. The Morgan fingerprint density at radius 3 is 2.10 bits per heavy atom. The molecule has 60 heavy (non-hydrogen) atoms. The Kier molecular flexibility index (Phi) is 18.0. The van der Waals surface area contributed by atoms with Crippen LogP contribution < -0.4 is 16.0 Å². The fraction of sp³-hybridized carbons (Fsp3) is 0.896. The second kappa shape index (κ2) is 21.6. The van der Waals surface area contributed by atoms with E-state index in [2.05, 4.69) is 56.6 Å². The Balaban J connectivity index is 1.31. The van der Waals surface area contributed by atoms with Crippen molar-refractivity contribution in [3.05, 3.63) is 11.6 Å². The molecule has 4 aliphatic carbocycles. The summed E-state index contributed by atoms with van der Waals surface area (Å²) < 4.78 is 46.4. The van der Waals surface area contributed by atoms with Crippen LogP contribution in [0.3, 0.4) is 0 Å². The maximum Gasteiger partial charge on any atom is 0.410 e. The minimum atomic E-state index is -1.53. The number of fused-ring (bicyclic) bond motifs is 5. The number of rotatable bonds is 19. The summed E-state index contributed by atoms with van der Waals surface area (Å²) in [6.07, 6.45) is 11.5. The van der Waals surface area contributed by atoms with Gasteiger partial charge in [0.2, 0.25) is 0 Å². The van der Waals surface area contributed by atoms with E-state index in [0.717, 1.165) is 48.9 Å². The summed E-state index contributed by atoms with van der Waals surface area (Å²) in [5, 5.41) is 7.98. The second-order valence-corrected chi connectivity index (χ2v) is 21.9. The second-order valence-electron chi connectivity index (χ2n) is 21.9. The lowest BCUT2D eigenvalue weighted by atomic mass is 9.47. The highest BCUT2D eigenvalue weighted by atomic mass is 19.1. The third-order valence-corrected chi connectivity index (χ3v) is 14.3. The lowest BCUT2D eigenvalue weighted by Gasteiger charge is -2.58. The number of hydrogen-bond acceptors (Lipinski definition) is 7. The minimum Gasteiger partial charge on any atom is -0.446 e. The molecular formula is C48H84F2N4O6. The van der Waals surface area contributed by atoms with Crippen LogP contribution in [0, 0.1) is 46.3 Å². The Morgan fingerprint density at radius 2 is 1.47 bits per heavy atom. The molecule has 12 heteroatoms. The minimum absolute atomic E-state index is 0.0424. The van der Waals surface area contributed by atoms with Crippen LogP contribution in [0.4, 0.5) is 23.2 Å². The monoisotopic (exact) mass is 851 g/mol. The van der Waals surface area contributed by atoms with Gasteiger partial charge < -0.3 is 35.1 Å². The third-order valence-electron chi connectivity index (χ3n) is 14.3. The molecule has 4 aliphatic rings. The van der Waals surface area contributed by atoms with Crippen molar-refractivity contribution in [1.82, 2.24) is 20.9 Å². The first kappa shape index (κ1) is 50.0. The van der Waals surface area contributed by atoms with Crippen LogP contribution in [0.15, 0.2) is 11.6 Å². The van der Waals surface area contributed by atoms with E-state index >= 15 is 4.39 Å². The first-order chi connectivity index (χ1) is 28.0. The number of nitrogens with zero attached hydrogens (tertiary/aromatic N) is 1. The van der Waals surface area contributed by atoms with Gasteiger partial charge in [-0.2, -0.15) is 0 Å². The summed E-state index contributed by atoms with van der Waals surface area (Å²) in [5.41, 5.74) is 0.595. The van der Waals surface area contributed by atoms with E-state index in [4.69, 9.17) is 14.2 Å². The van der Waals surface area contributed by atoms with Gasteiger partial charge in [-0.3, -0.25) is 0 Å². The topological polar surface area (TPSA) is 118 Å². The molecule has 10 atom stereocenters. The zero-order valence-electron chi connectivity index (χ0n) is 39.4. The summed E-state index contributed by atoms with van der Waals surface area (Å²) in [7, 11) is 0. The van der Waals surface area contributed by atoms with E-state index in [0.29, 0.717) is 37.1 Å². The molecule has 4 rings (SSSR count). The molecule has 346 valence electrons. The maximum atomic E-state index is 15.4. The van der Waals surface area contributed by atoms with Gasteiger partial charge in [0.15, 0.2) is 0 Å². The van der Waals surface area contributed by atoms with Crippen LogP contribution in [0.5, 0.6) is 0 Å². The zero-order chi connectivity index (χ0) is 44.5. The van der Waals surface area contributed by atoms with E-state index < -0.39 is 41.8 Å². The molecule has 0 aromatic rings. The number of allylic oxidation sites excluding steroid dienone is 1. The van der Waals surface area contributed by atoms with Crippen molar-refractivity contribution >= 4 is 18.3 Å². The molecule has 0 heterocycles. The SMILES string of the molecule is CC(C)CCC[C@@H](C)[C@H]1CC[C@H]2[C@@H]3CC=C4C[C@@H](OC(=O)N(CCCCNCC(F)CNC(=O)OC(C)(C)C)CC(F)CNC(=O)OC(C)(C)C)CC[C@]4(C)[C@H]3CC[C@]12C. The number of carbonyl (C=O) groups excluding carboxylic acids is 3. The zero-order valence-corrected chi connectivity index (χ0v) is 39.4. The number of alkyl halides is 2. The van der Waals surface area contributed by atoms with Gasteiger partial charge in [-0.1, -0.05) is 65.5 Å². The van der Waals surface area contributed by atoms with Crippen LogP contribution in [-0.2, 0) is 14.2 Å². The molecule has 0 spiro atoms. The van der Waals surface area contributed by atoms with Crippen LogP contribution in [0.1, 0.15) is 160 Å². The van der Waals surface area contributed by atoms with E-state index in [1.165, 1.54) is 55.4 Å². The van der Waals surface area contributed by atoms with E-state index in [1.54, 1.807) is 41.5 Å². The summed E-state index contributed by atoms with van der Waals surface area (Å²) in [4.78, 5) is 39.3. The summed E-state index contributed by atoms with van der Waals surface area (Å²) in [5.74, 6) is 4.53. The Morgan fingerprint density at radius 1 is 0.817 bits per heavy atom. The van der Waals surface area contributed by atoms with Crippen molar-refractivity contribution in [2.24, 2.45) is 46.3 Å². The summed E-state index contributed by atoms with van der Waals surface area (Å²) in [6.45, 7) is 22.8. The number of unbranched alkanes of at least 4 members (excludes halogenated alkanes) is 1.